The first-order chi connectivity index (χ1) is 11.0. The number of amides is 1. The van der Waals surface area contributed by atoms with Crippen LogP contribution in [0, 0.1) is 23.7 Å². The molecule has 1 aromatic heterocycles. The number of nitrogens with zero attached hydrogens (tertiary/aromatic N) is 1. The average Bonchev–Trinajstić information content (AvgIpc) is 3.21. The summed E-state index contributed by atoms with van der Waals surface area (Å²) in [6, 6.07) is 0. The topological polar surface area (TPSA) is 68.3 Å². The van der Waals surface area contributed by atoms with Crippen LogP contribution in [0.2, 0.25) is 0 Å². The number of rotatable bonds is 4. The van der Waals surface area contributed by atoms with Gasteiger partial charge in [-0.3, -0.25) is 4.79 Å². The highest BCUT2D eigenvalue weighted by Crippen LogP contribution is 2.53. The van der Waals surface area contributed by atoms with Gasteiger partial charge < -0.3 is 10.1 Å². The number of aromatic nitrogens is 1. The number of hydrogen-bond acceptors (Lipinski definition) is 5. The van der Waals surface area contributed by atoms with Crippen LogP contribution in [0.5, 0.6) is 0 Å². The molecule has 1 aromatic rings. The first kappa shape index (κ1) is 16.2. The lowest BCUT2D eigenvalue weighted by atomic mass is 9.79. The van der Waals surface area contributed by atoms with Crippen LogP contribution in [0.25, 0.3) is 5.57 Å². The molecule has 1 amide bonds. The van der Waals surface area contributed by atoms with Gasteiger partial charge in [0.25, 0.3) is 0 Å². The minimum Gasteiger partial charge on any atom is -0.465 e. The summed E-state index contributed by atoms with van der Waals surface area (Å²) in [6.45, 7) is 3.72. The molecule has 2 bridgehead atoms. The maximum Gasteiger partial charge on any atom is 0.339 e. The average molecular weight is 334 g/mol. The maximum atomic E-state index is 12.2. The van der Waals surface area contributed by atoms with Crippen LogP contribution in [0.4, 0.5) is 5.13 Å². The molecule has 1 heterocycles. The number of anilines is 1. The summed E-state index contributed by atoms with van der Waals surface area (Å²) < 4.78 is 4.95. The Hall–Kier alpha value is -1.69. The summed E-state index contributed by atoms with van der Waals surface area (Å²) in [6.07, 6.45) is 5.89. The zero-order chi connectivity index (χ0) is 16.6. The SMILES string of the molecule is COC(=O)C(=CC1C2CCC(C2)C1C)c1csc(NC(C)=O)n1. The van der Waals surface area contributed by atoms with E-state index in [2.05, 4.69) is 23.3 Å². The maximum absolute atomic E-state index is 12.2. The molecule has 2 fully saturated rings. The lowest BCUT2D eigenvalue weighted by Crippen LogP contribution is -2.19. The molecule has 0 aliphatic heterocycles. The van der Waals surface area contributed by atoms with E-state index >= 15 is 0 Å². The minimum absolute atomic E-state index is 0.170. The molecule has 2 aliphatic rings. The van der Waals surface area contributed by atoms with Crippen LogP contribution >= 0.6 is 11.3 Å². The summed E-state index contributed by atoms with van der Waals surface area (Å²) in [5.74, 6) is 1.93. The number of carbonyl (C=O) groups excluding carboxylic acids is 2. The quantitative estimate of drug-likeness (QED) is 0.677. The van der Waals surface area contributed by atoms with E-state index in [-0.39, 0.29) is 11.9 Å². The van der Waals surface area contributed by atoms with Crippen LogP contribution in [0.15, 0.2) is 11.5 Å². The molecule has 5 nitrogen and oxygen atoms in total. The number of methoxy groups -OCH3 is 1. The van der Waals surface area contributed by atoms with Crippen molar-refractivity contribution in [1.29, 1.82) is 0 Å². The Balaban J connectivity index is 1.89. The van der Waals surface area contributed by atoms with Crippen molar-refractivity contribution in [1.82, 2.24) is 4.98 Å². The monoisotopic (exact) mass is 334 g/mol. The Morgan fingerprint density at radius 3 is 2.74 bits per heavy atom. The third kappa shape index (κ3) is 3.17. The molecule has 0 spiro atoms. The summed E-state index contributed by atoms with van der Waals surface area (Å²) in [5.41, 5.74) is 1.10. The molecule has 1 N–H and O–H groups in total. The Kier molecular flexibility index (Phi) is 4.53. The zero-order valence-corrected chi connectivity index (χ0v) is 14.5. The number of esters is 1. The minimum atomic E-state index is -0.361. The van der Waals surface area contributed by atoms with Gasteiger partial charge in [0.1, 0.15) is 0 Å². The molecule has 4 atom stereocenters. The summed E-state index contributed by atoms with van der Waals surface area (Å²) >= 11 is 1.32. The van der Waals surface area contributed by atoms with Crippen LogP contribution in [-0.4, -0.2) is 24.0 Å². The van der Waals surface area contributed by atoms with Crippen LogP contribution in [0.3, 0.4) is 0 Å². The van der Waals surface area contributed by atoms with Gasteiger partial charge in [0.2, 0.25) is 5.91 Å². The molecule has 0 saturated heterocycles. The molecule has 4 unspecified atom stereocenters. The second-order valence-electron chi connectivity index (χ2n) is 6.56. The van der Waals surface area contributed by atoms with Gasteiger partial charge in [-0.05, 0) is 42.9 Å². The number of ether oxygens (including phenoxy) is 1. The van der Waals surface area contributed by atoms with Crippen molar-refractivity contribution in [3.05, 3.63) is 17.2 Å². The van der Waals surface area contributed by atoms with Crippen molar-refractivity contribution < 1.29 is 14.3 Å². The van der Waals surface area contributed by atoms with Gasteiger partial charge in [-0.15, -0.1) is 11.3 Å². The first-order valence-electron chi connectivity index (χ1n) is 8.03. The molecule has 6 heteroatoms. The summed E-state index contributed by atoms with van der Waals surface area (Å²) in [4.78, 5) is 27.7. The van der Waals surface area contributed by atoms with E-state index in [4.69, 9.17) is 4.74 Å². The number of fused-ring (bicyclic) bond motifs is 2. The number of carbonyl (C=O) groups is 2. The van der Waals surface area contributed by atoms with Crippen molar-refractivity contribution in [2.45, 2.75) is 33.1 Å². The van der Waals surface area contributed by atoms with E-state index in [9.17, 15) is 9.59 Å². The van der Waals surface area contributed by atoms with Crippen molar-refractivity contribution in [2.24, 2.45) is 23.7 Å². The largest absolute Gasteiger partial charge is 0.465 e. The van der Waals surface area contributed by atoms with Gasteiger partial charge in [-0.1, -0.05) is 13.0 Å². The van der Waals surface area contributed by atoms with Crippen LogP contribution in [-0.2, 0) is 14.3 Å². The highest BCUT2D eigenvalue weighted by Gasteiger charge is 2.44. The predicted molar refractivity (Wildman–Crippen MR) is 89.9 cm³/mol. The summed E-state index contributed by atoms with van der Waals surface area (Å²) in [5, 5.41) is 4.96. The van der Waals surface area contributed by atoms with Gasteiger partial charge in [0.15, 0.2) is 5.13 Å². The van der Waals surface area contributed by atoms with Crippen LogP contribution in [0.1, 0.15) is 38.8 Å². The number of hydrogen-bond donors (Lipinski definition) is 1. The fraction of sp³-hybridized carbons (Fsp3) is 0.588. The van der Waals surface area contributed by atoms with Crippen LogP contribution < -0.4 is 5.32 Å². The highest BCUT2D eigenvalue weighted by atomic mass is 32.1. The highest BCUT2D eigenvalue weighted by molar-refractivity contribution is 7.14. The zero-order valence-electron chi connectivity index (χ0n) is 13.7. The van der Waals surface area contributed by atoms with Gasteiger partial charge in [-0.2, -0.15) is 0 Å². The number of allylic oxidation sites excluding steroid dienone is 1. The van der Waals surface area contributed by atoms with E-state index in [0.29, 0.717) is 34.2 Å². The lowest BCUT2D eigenvalue weighted by Gasteiger charge is -2.26. The Labute approximate surface area is 140 Å². The molecular formula is C17H22N2O3S. The normalized spacial score (nSPS) is 29.6. The van der Waals surface area contributed by atoms with E-state index in [1.165, 1.54) is 44.6 Å². The number of thiazole rings is 1. The fourth-order valence-electron chi connectivity index (χ4n) is 4.08. The molecule has 124 valence electrons. The van der Waals surface area contributed by atoms with Gasteiger partial charge >= 0.3 is 5.97 Å². The Bertz CT molecular complexity index is 650. The smallest absolute Gasteiger partial charge is 0.339 e. The number of nitrogens with one attached hydrogen (secondary N) is 1. The van der Waals surface area contributed by atoms with Crippen molar-refractivity contribution in [2.75, 3.05) is 12.4 Å². The lowest BCUT2D eigenvalue weighted by molar-refractivity contribution is -0.133. The second kappa shape index (κ2) is 6.43. The molecule has 0 aromatic carbocycles. The molecule has 0 radical (unpaired) electrons. The second-order valence-corrected chi connectivity index (χ2v) is 7.42. The van der Waals surface area contributed by atoms with E-state index in [1.54, 1.807) is 5.38 Å². The van der Waals surface area contributed by atoms with E-state index in [0.717, 1.165) is 5.92 Å². The van der Waals surface area contributed by atoms with E-state index in [1.807, 2.05) is 0 Å². The third-order valence-electron chi connectivity index (χ3n) is 5.24. The Morgan fingerprint density at radius 1 is 1.39 bits per heavy atom. The van der Waals surface area contributed by atoms with E-state index < -0.39 is 0 Å². The van der Waals surface area contributed by atoms with Crippen molar-refractivity contribution in [3.8, 4) is 0 Å². The van der Waals surface area contributed by atoms with Crippen molar-refractivity contribution >= 4 is 33.9 Å². The molecular weight excluding hydrogens is 312 g/mol. The molecule has 2 saturated carbocycles. The third-order valence-corrected chi connectivity index (χ3v) is 5.99. The first-order valence-corrected chi connectivity index (χ1v) is 8.91. The molecule has 3 rings (SSSR count). The van der Waals surface area contributed by atoms with Crippen molar-refractivity contribution in [3.63, 3.8) is 0 Å². The Morgan fingerprint density at radius 2 is 2.13 bits per heavy atom. The standard InChI is InChI=1S/C17H22N2O3S/c1-9-11-4-5-12(6-11)13(9)7-14(16(21)22-3)15-8-23-17(19-15)18-10(2)20/h7-9,11-13H,4-6H2,1-3H3,(H,18,19,20). The molecule has 2 aliphatic carbocycles. The molecule has 23 heavy (non-hydrogen) atoms. The van der Waals surface area contributed by atoms with Gasteiger partial charge in [0, 0.05) is 12.3 Å². The van der Waals surface area contributed by atoms with Gasteiger partial charge in [0.05, 0.1) is 18.4 Å². The summed E-state index contributed by atoms with van der Waals surface area (Å²) in [7, 11) is 1.39. The fourth-order valence-corrected chi connectivity index (χ4v) is 4.83. The predicted octanol–water partition coefficient (Wildman–Crippen LogP) is 3.34. The van der Waals surface area contributed by atoms with Gasteiger partial charge in [-0.25, -0.2) is 9.78 Å².